The maximum atomic E-state index is 12.5. The standard InChI is InChI=1S/C17H11Cl2NO2S/c1-10-2-6-13(7-3-10)20-16(21)15(23-17(20)22)8-11-4-5-12(18)9-14(11)19/h2-9H,1H3/b15-8-. The molecule has 2 aromatic rings. The highest BCUT2D eigenvalue weighted by Gasteiger charge is 2.36. The number of carbonyl (C=O) groups excluding carboxylic acids is 2. The monoisotopic (exact) mass is 363 g/mol. The van der Waals surface area contributed by atoms with E-state index >= 15 is 0 Å². The second kappa shape index (κ2) is 6.40. The molecule has 6 heteroatoms. The van der Waals surface area contributed by atoms with Crippen LogP contribution in [0, 0.1) is 6.92 Å². The van der Waals surface area contributed by atoms with Crippen molar-refractivity contribution >= 4 is 57.9 Å². The topological polar surface area (TPSA) is 37.4 Å². The van der Waals surface area contributed by atoms with E-state index in [0.717, 1.165) is 17.3 Å². The van der Waals surface area contributed by atoms with Crippen LogP contribution in [0.15, 0.2) is 47.4 Å². The normalized spacial score (nSPS) is 16.5. The molecule has 116 valence electrons. The number of amides is 2. The van der Waals surface area contributed by atoms with Gasteiger partial charge in [-0.3, -0.25) is 9.59 Å². The minimum Gasteiger partial charge on any atom is -0.268 e. The van der Waals surface area contributed by atoms with Crippen LogP contribution in [0.4, 0.5) is 10.5 Å². The van der Waals surface area contributed by atoms with E-state index in [2.05, 4.69) is 0 Å². The number of carbonyl (C=O) groups is 2. The largest absolute Gasteiger partial charge is 0.298 e. The number of rotatable bonds is 2. The lowest BCUT2D eigenvalue weighted by Gasteiger charge is -2.12. The Hall–Kier alpha value is -1.75. The Morgan fingerprint density at radius 2 is 1.74 bits per heavy atom. The number of hydrogen-bond donors (Lipinski definition) is 0. The summed E-state index contributed by atoms with van der Waals surface area (Å²) >= 11 is 12.9. The lowest BCUT2D eigenvalue weighted by Crippen LogP contribution is -2.27. The van der Waals surface area contributed by atoms with Crippen LogP contribution in [-0.4, -0.2) is 11.1 Å². The lowest BCUT2D eigenvalue weighted by molar-refractivity contribution is -0.113. The Labute approximate surface area is 147 Å². The third kappa shape index (κ3) is 3.29. The maximum absolute atomic E-state index is 12.5. The fourth-order valence-electron chi connectivity index (χ4n) is 2.14. The first kappa shape index (κ1) is 16.1. The zero-order chi connectivity index (χ0) is 16.6. The molecule has 0 saturated carbocycles. The third-order valence-corrected chi connectivity index (χ3v) is 4.77. The van der Waals surface area contributed by atoms with E-state index in [1.165, 1.54) is 4.90 Å². The summed E-state index contributed by atoms with van der Waals surface area (Å²) in [5, 5.41) is 0.620. The van der Waals surface area contributed by atoms with Crippen molar-refractivity contribution in [1.29, 1.82) is 0 Å². The smallest absolute Gasteiger partial charge is 0.268 e. The summed E-state index contributed by atoms with van der Waals surface area (Å²) in [6.45, 7) is 1.94. The van der Waals surface area contributed by atoms with E-state index < -0.39 is 0 Å². The van der Waals surface area contributed by atoms with Gasteiger partial charge in [0.15, 0.2) is 0 Å². The van der Waals surface area contributed by atoms with Crippen molar-refractivity contribution in [3.8, 4) is 0 Å². The summed E-state index contributed by atoms with van der Waals surface area (Å²) in [5.41, 5.74) is 2.26. The first-order valence-corrected chi connectivity index (χ1v) is 8.32. The van der Waals surface area contributed by atoms with Crippen molar-refractivity contribution in [3.05, 3.63) is 68.5 Å². The van der Waals surface area contributed by atoms with Gasteiger partial charge in [0.05, 0.1) is 10.6 Å². The number of nitrogens with zero attached hydrogens (tertiary/aromatic N) is 1. The zero-order valence-electron chi connectivity index (χ0n) is 12.0. The summed E-state index contributed by atoms with van der Waals surface area (Å²) in [6.07, 6.45) is 1.61. The quantitative estimate of drug-likeness (QED) is 0.657. The number of anilines is 1. The average Bonchev–Trinajstić information content (AvgIpc) is 2.78. The zero-order valence-corrected chi connectivity index (χ0v) is 14.4. The van der Waals surface area contributed by atoms with Gasteiger partial charge in [0.1, 0.15) is 0 Å². The van der Waals surface area contributed by atoms with E-state index in [-0.39, 0.29) is 11.1 Å². The molecule has 1 saturated heterocycles. The van der Waals surface area contributed by atoms with Crippen LogP contribution >= 0.6 is 35.0 Å². The molecule has 23 heavy (non-hydrogen) atoms. The highest BCUT2D eigenvalue weighted by atomic mass is 35.5. The molecule has 1 fully saturated rings. The van der Waals surface area contributed by atoms with Crippen molar-refractivity contribution in [2.75, 3.05) is 4.90 Å². The number of benzene rings is 2. The van der Waals surface area contributed by atoms with Crippen LogP contribution in [0.2, 0.25) is 10.0 Å². The SMILES string of the molecule is Cc1ccc(N2C(=O)S/C(=C\c3ccc(Cl)cc3Cl)C2=O)cc1. The van der Waals surface area contributed by atoms with Gasteiger partial charge in [-0.2, -0.15) is 0 Å². The van der Waals surface area contributed by atoms with Crippen LogP contribution in [0.25, 0.3) is 6.08 Å². The Balaban J connectivity index is 1.94. The lowest BCUT2D eigenvalue weighted by atomic mass is 10.2. The van der Waals surface area contributed by atoms with Crippen molar-refractivity contribution in [2.24, 2.45) is 0 Å². The number of imide groups is 1. The van der Waals surface area contributed by atoms with Crippen LogP contribution in [0.3, 0.4) is 0 Å². The van der Waals surface area contributed by atoms with Gasteiger partial charge in [0.2, 0.25) is 0 Å². The second-order valence-electron chi connectivity index (χ2n) is 5.02. The minimum absolute atomic E-state index is 0.324. The van der Waals surface area contributed by atoms with Crippen LogP contribution in [-0.2, 0) is 4.79 Å². The molecule has 0 aromatic heterocycles. The molecule has 2 aromatic carbocycles. The van der Waals surface area contributed by atoms with Crippen molar-refractivity contribution in [2.45, 2.75) is 6.92 Å². The molecule has 0 unspecified atom stereocenters. The first-order valence-electron chi connectivity index (χ1n) is 6.75. The Kier molecular flexibility index (Phi) is 4.48. The minimum atomic E-state index is -0.352. The summed E-state index contributed by atoms with van der Waals surface area (Å²) in [7, 11) is 0. The molecule has 1 heterocycles. The molecule has 0 radical (unpaired) electrons. The maximum Gasteiger partial charge on any atom is 0.298 e. The van der Waals surface area contributed by atoms with Gasteiger partial charge < -0.3 is 0 Å². The van der Waals surface area contributed by atoms with Gasteiger partial charge in [-0.1, -0.05) is 47.0 Å². The predicted molar refractivity (Wildman–Crippen MR) is 96.1 cm³/mol. The molecule has 0 bridgehead atoms. The molecule has 0 spiro atoms. The van der Waals surface area contributed by atoms with Gasteiger partial charge in [-0.25, -0.2) is 4.90 Å². The Bertz CT molecular complexity index is 831. The van der Waals surface area contributed by atoms with Gasteiger partial charge in [-0.05, 0) is 54.6 Å². The van der Waals surface area contributed by atoms with Gasteiger partial charge in [0, 0.05) is 10.0 Å². The van der Waals surface area contributed by atoms with Crippen molar-refractivity contribution in [1.82, 2.24) is 0 Å². The molecule has 1 aliphatic heterocycles. The summed E-state index contributed by atoms with van der Waals surface area (Å²) in [6, 6.07) is 12.2. The predicted octanol–water partition coefficient (Wildman–Crippen LogP) is 5.54. The Morgan fingerprint density at radius 1 is 1.04 bits per heavy atom. The average molecular weight is 364 g/mol. The molecule has 0 N–H and O–H groups in total. The Morgan fingerprint density at radius 3 is 2.39 bits per heavy atom. The molecular weight excluding hydrogens is 353 g/mol. The van der Waals surface area contributed by atoms with E-state index in [4.69, 9.17) is 23.2 Å². The number of thioether (sulfide) groups is 1. The summed E-state index contributed by atoms with van der Waals surface area (Å²) < 4.78 is 0. The molecule has 0 atom stereocenters. The van der Waals surface area contributed by atoms with Crippen molar-refractivity contribution in [3.63, 3.8) is 0 Å². The molecule has 1 aliphatic rings. The van der Waals surface area contributed by atoms with Crippen LogP contribution in [0.5, 0.6) is 0 Å². The van der Waals surface area contributed by atoms with E-state index in [9.17, 15) is 9.59 Å². The molecule has 3 nitrogen and oxygen atoms in total. The van der Waals surface area contributed by atoms with Gasteiger partial charge >= 0.3 is 0 Å². The van der Waals surface area contributed by atoms with Crippen molar-refractivity contribution < 1.29 is 9.59 Å². The number of halogens is 2. The number of hydrogen-bond acceptors (Lipinski definition) is 3. The third-order valence-electron chi connectivity index (χ3n) is 3.33. The van der Waals surface area contributed by atoms with Crippen LogP contribution in [0.1, 0.15) is 11.1 Å². The van der Waals surface area contributed by atoms with E-state index in [1.54, 1.807) is 36.4 Å². The second-order valence-corrected chi connectivity index (χ2v) is 6.86. The molecule has 0 aliphatic carbocycles. The first-order chi connectivity index (χ1) is 11.0. The summed E-state index contributed by atoms with van der Waals surface area (Å²) in [5.74, 6) is -0.352. The fraction of sp³-hybridized carbons (Fsp3) is 0.0588. The van der Waals surface area contributed by atoms with Gasteiger partial charge in [-0.15, -0.1) is 0 Å². The molecule has 3 rings (SSSR count). The highest BCUT2D eigenvalue weighted by Crippen LogP contribution is 2.36. The molecule has 2 amide bonds. The number of aryl methyl sites for hydroxylation is 1. The van der Waals surface area contributed by atoms with E-state index in [0.29, 0.717) is 26.2 Å². The molecular formula is C17H11Cl2NO2S. The van der Waals surface area contributed by atoms with Crippen LogP contribution < -0.4 is 4.90 Å². The fourth-order valence-corrected chi connectivity index (χ4v) is 3.44. The highest BCUT2D eigenvalue weighted by molar-refractivity contribution is 8.19. The van der Waals surface area contributed by atoms with E-state index in [1.807, 2.05) is 19.1 Å². The van der Waals surface area contributed by atoms with Gasteiger partial charge in [0.25, 0.3) is 11.1 Å². The summed E-state index contributed by atoms with van der Waals surface area (Å²) in [4.78, 5) is 26.2.